The van der Waals surface area contributed by atoms with Gasteiger partial charge >= 0.3 is 0 Å². The van der Waals surface area contributed by atoms with Crippen molar-refractivity contribution in [3.63, 3.8) is 0 Å². The number of fused-ring (bicyclic) bond motifs is 1. The first kappa shape index (κ1) is 16.6. The number of halogens is 3. The normalized spacial score (nSPS) is 26.8. The predicted octanol–water partition coefficient (Wildman–Crippen LogP) is 2.62. The van der Waals surface area contributed by atoms with Gasteiger partial charge in [0.25, 0.3) is 0 Å². The largest absolute Gasteiger partial charge is 0.370 e. The average Bonchev–Trinajstić information content (AvgIpc) is 3.14. The number of benzene rings is 1. The van der Waals surface area contributed by atoms with E-state index in [4.69, 9.17) is 10.5 Å². The van der Waals surface area contributed by atoms with Crippen molar-refractivity contribution >= 4 is 0 Å². The maximum atomic E-state index is 14.0. The third-order valence-electron chi connectivity index (χ3n) is 5.29. The van der Waals surface area contributed by atoms with Crippen LogP contribution in [0.15, 0.2) is 24.4 Å². The SMILES string of the molecule is Cn1ccc2c1CN([C@H]1CO[C@H](c3cc(F)c(F)cc3F)[C@@H](N)C1)C2. The van der Waals surface area contributed by atoms with Crippen molar-refractivity contribution in [3.05, 3.63) is 58.7 Å². The molecule has 7 heteroatoms. The number of ether oxygens (including phenoxy) is 1. The van der Waals surface area contributed by atoms with Crippen LogP contribution < -0.4 is 5.73 Å². The lowest BCUT2D eigenvalue weighted by atomic mass is 9.93. The molecule has 1 fully saturated rings. The molecule has 3 heterocycles. The molecule has 0 radical (unpaired) electrons. The van der Waals surface area contributed by atoms with Gasteiger partial charge in [0, 0.05) is 55.7 Å². The molecule has 1 aromatic heterocycles. The summed E-state index contributed by atoms with van der Waals surface area (Å²) >= 11 is 0. The van der Waals surface area contributed by atoms with Crippen molar-refractivity contribution in [1.29, 1.82) is 0 Å². The summed E-state index contributed by atoms with van der Waals surface area (Å²) in [6.07, 6.45) is 1.89. The summed E-state index contributed by atoms with van der Waals surface area (Å²) in [6.45, 7) is 2.04. The fraction of sp³-hybridized carbons (Fsp3) is 0.444. The van der Waals surface area contributed by atoms with Gasteiger partial charge in [-0.15, -0.1) is 0 Å². The number of aryl methyl sites for hydroxylation is 1. The third kappa shape index (κ3) is 2.86. The number of nitrogens with two attached hydrogens (primary N) is 1. The molecule has 25 heavy (non-hydrogen) atoms. The zero-order chi connectivity index (χ0) is 17.7. The van der Waals surface area contributed by atoms with Gasteiger partial charge in [0.05, 0.1) is 6.61 Å². The van der Waals surface area contributed by atoms with Gasteiger partial charge in [-0.1, -0.05) is 0 Å². The van der Waals surface area contributed by atoms with Gasteiger partial charge in [0.15, 0.2) is 11.6 Å². The molecule has 0 saturated carbocycles. The molecule has 4 nitrogen and oxygen atoms in total. The van der Waals surface area contributed by atoms with Gasteiger partial charge in [-0.05, 0) is 24.1 Å². The average molecular weight is 351 g/mol. The van der Waals surface area contributed by atoms with Crippen molar-refractivity contribution < 1.29 is 17.9 Å². The molecule has 4 rings (SSSR count). The van der Waals surface area contributed by atoms with E-state index in [9.17, 15) is 13.2 Å². The van der Waals surface area contributed by atoms with Gasteiger partial charge < -0.3 is 15.0 Å². The molecule has 3 atom stereocenters. The van der Waals surface area contributed by atoms with E-state index in [2.05, 4.69) is 15.5 Å². The van der Waals surface area contributed by atoms with E-state index in [1.54, 1.807) is 0 Å². The minimum absolute atomic E-state index is 0.0189. The van der Waals surface area contributed by atoms with Crippen LogP contribution in [0.4, 0.5) is 13.2 Å². The lowest BCUT2D eigenvalue weighted by Crippen LogP contribution is -2.47. The zero-order valence-electron chi connectivity index (χ0n) is 13.9. The van der Waals surface area contributed by atoms with E-state index in [0.717, 1.165) is 19.2 Å². The predicted molar refractivity (Wildman–Crippen MR) is 86.0 cm³/mol. The Kier molecular flexibility index (Phi) is 4.10. The molecular formula is C18H20F3N3O. The van der Waals surface area contributed by atoms with Crippen molar-refractivity contribution in [3.8, 4) is 0 Å². The quantitative estimate of drug-likeness (QED) is 0.846. The van der Waals surface area contributed by atoms with E-state index in [1.165, 1.54) is 11.3 Å². The van der Waals surface area contributed by atoms with Crippen LogP contribution in [-0.2, 0) is 24.9 Å². The maximum Gasteiger partial charge on any atom is 0.161 e. The Morgan fingerprint density at radius 1 is 1.12 bits per heavy atom. The summed E-state index contributed by atoms with van der Waals surface area (Å²) in [4.78, 5) is 2.29. The Morgan fingerprint density at radius 3 is 2.60 bits per heavy atom. The molecule has 0 unspecified atom stereocenters. The van der Waals surface area contributed by atoms with Crippen LogP contribution in [-0.4, -0.2) is 28.2 Å². The Labute approximate surface area is 144 Å². The van der Waals surface area contributed by atoms with Crippen LogP contribution in [0.3, 0.4) is 0 Å². The van der Waals surface area contributed by atoms with Crippen molar-refractivity contribution in [2.75, 3.05) is 6.61 Å². The van der Waals surface area contributed by atoms with Gasteiger partial charge in [-0.25, -0.2) is 13.2 Å². The molecule has 0 bridgehead atoms. The minimum Gasteiger partial charge on any atom is -0.370 e. The Morgan fingerprint density at radius 2 is 1.88 bits per heavy atom. The molecule has 134 valence electrons. The van der Waals surface area contributed by atoms with Gasteiger partial charge in [-0.2, -0.15) is 0 Å². The summed E-state index contributed by atoms with van der Waals surface area (Å²) in [5.74, 6) is -3.13. The number of aromatic nitrogens is 1. The fourth-order valence-corrected chi connectivity index (χ4v) is 3.87. The smallest absolute Gasteiger partial charge is 0.161 e. The highest BCUT2D eigenvalue weighted by molar-refractivity contribution is 5.27. The molecule has 2 aromatic rings. The molecule has 2 N–H and O–H groups in total. The molecule has 2 aliphatic rings. The molecule has 1 aromatic carbocycles. The molecule has 1 saturated heterocycles. The van der Waals surface area contributed by atoms with E-state index in [-0.39, 0.29) is 11.6 Å². The Hall–Kier alpha value is -1.83. The molecule has 0 aliphatic carbocycles. The van der Waals surface area contributed by atoms with Crippen LogP contribution >= 0.6 is 0 Å². The van der Waals surface area contributed by atoms with Gasteiger partial charge in [-0.3, -0.25) is 4.90 Å². The van der Waals surface area contributed by atoms with Crippen LogP contribution in [0, 0.1) is 17.5 Å². The van der Waals surface area contributed by atoms with Crippen LogP contribution in [0.1, 0.15) is 29.3 Å². The van der Waals surface area contributed by atoms with E-state index in [0.29, 0.717) is 19.1 Å². The van der Waals surface area contributed by atoms with Crippen molar-refractivity contribution in [1.82, 2.24) is 9.47 Å². The second-order valence-corrected chi connectivity index (χ2v) is 6.90. The standard InChI is InChI=1S/C18H20F3N3O/c1-23-3-2-10-7-24(8-17(10)23)11-4-16(22)18(25-9-11)12-5-14(20)15(21)6-13(12)19/h2-3,5-6,11,16,18H,4,7-9,22H2,1H3/t11-,16+,18-/m1/s1. The summed E-state index contributed by atoms with van der Waals surface area (Å²) in [6, 6.07) is 3.14. The highest BCUT2D eigenvalue weighted by Gasteiger charge is 2.37. The summed E-state index contributed by atoms with van der Waals surface area (Å²) in [5.41, 5.74) is 8.75. The highest BCUT2D eigenvalue weighted by Crippen LogP contribution is 2.34. The van der Waals surface area contributed by atoms with Crippen LogP contribution in [0.25, 0.3) is 0 Å². The molecule has 2 aliphatic heterocycles. The first-order chi connectivity index (χ1) is 11.9. The Bertz CT molecular complexity index is 807. The number of hydrogen-bond acceptors (Lipinski definition) is 3. The molecular weight excluding hydrogens is 331 g/mol. The molecule has 0 spiro atoms. The maximum absolute atomic E-state index is 14.0. The lowest BCUT2D eigenvalue weighted by molar-refractivity contribution is -0.0534. The second-order valence-electron chi connectivity index (χ2n) is 6.90. The lowest BCUT2D eigenvalue weighted by Gasteiger charge is -2.38. The van der Waals surface area contributed by atoms with Crippen LogP contribution in [0.5, 0.6) is 0 Å². The summed E-state index contributed by atoms with van der Waals surface area (Å²) < 4.78 is 48.5. The monoisotopic (exact) mass is 351 g/mol. The van der Waals surface area contributed by atoms with E-state index < -0.39 is 29.6 Å². The van der Waals surface area contributed by atoms with Gasteiger partial charge in [0.1, 0.15) is 11.9 Å². The number of hydrogen-bond donors (Lipinski definition) is 1. The summed E-state index contributed by atoms with van der Waals surface area (Å²) in [5, 5.41) is 0. The number of rotatable bonds is 2. The van der Waals surface area contributed by atoms with Crippen molar-refractivity contribution in [2.24, 2.45) is 12.8 Å². The first-order valence-corrected chi connectivity index (χ1v) is 8.32. The van der Waals surface area contributed by atoms with E-state index in [1.807, 2.05) is 13.2 Å². The third-order valence-corrected chi connectivity index (χ3v) is 5.29. The fourth-order valence-electron chi connectivity index (χ4n) is 3.87. The first-order valence-electron chi connectivity index (χ1n) is 8.32. The summed E-state index contributed by atoms with van der Waals surface area (Å²) in [7, 11) is 2.02. The zero-order valence-corrected chi connectivity index (χ0v) is 13.9. The molecule has 0 amide bonds. The van der Waals surface area contributed by atoms with Crippen molar-refractivity contribution in [2.45, 2.75) is 37.7 Å². The van der Waals surface area contributed by atoms with E-state index >= 15 is 0 Å². The van der Waals surface area contributed by atoms with Crippen LogP contribution in [0.2, 0.25) is 0 Å². The number of nitrogens with zero attached hydrogens (tertiary/aromatic N) is 2. The minimum atomic E-state index is -1.21. The topological polar surface area (TPSA) is 43.4 Å². The second kappa shape index (κ2) is 6.16. The van der Waals surface area contributed by atoms with Gasteiger partial charge in [0.2, 0.25) is 0 Å². The Balaban J connectivity index is 1.47. The highest BCUT2D eigenvalue weighted by atomic mass is 19.2.